The fourth-order valence-electron chi connectivity index (χ4n) is 2.08. The van der Waals surface area contributed by atoms with Crippen LogP contribution in [-0.4, -0.2) is 13.1 Å². The molecule has 0 aromatic rings. The van der Waals surface area contributed by atoms with Gasteiger partial charge in [-0.3, -0.25) is 0 Å². The molecule has 0 amide bonds. The Bertz CT molecular complexity index is 157. The molecule has 1 saturated heterocycles. The Hall–Kier alpha value is -0.480. The van der Waals surface area contributed by atoms with E-state index in [4.69, 9.17) is 6.42 Å². The van der Waals surface area contributed by atoms with Crippen LogP contribution in [0.25, 0.3) is 0 Å². The predicted octanol–water partition coefficient (Wildman–Crippen LogP) is 2.96. The van der Waals surface area contributed by atoms with E-state index in [0.29, 0.717) is 5.92 Å². The Morgan fingerprint density at radius 3 is 2.36 bits per heavy atom. The first-order valence-corrected chi connectivity index (χ1v) is 6.10. The van der Waals surface area contributed by atoms with E-state index in [-0.39, 0.29) is 0 Å². The molecule has 0 aromatic heterocycles. The lowest BCUT2D eigenvalue weighted by atomic mass is 9.96. The summed E-state index contributed by atoms with van der Waals surface area (Å²) in [7, 11) is 0. The van der Waals surface area contributed by atoms with Gasteiger partial charge in [0.15, 0.2) is 0 Å². The van der Waals surface area contributed by atoms with E-state index in [2.05, 4.69) is 11.2 Å². The summed E-state index contributed by atoms with van der Waals surface area (Å²) in [6, 6.07) is 0. The molecule has 0 spiro atoms. The minimum atomic E-state index is 0.538. The zero-order chi connectivity index (χ0) is 10.1. The van der Waals surface area contributed by atoms with Gasteiger partial charge in [-0.15, -0.1) is 12.3 Å². The monoisotopic (exact) mass is 193 g/mol. The van der Waals surface area contributed by atoms with Crippen molar-refractivity contribution in [1.29, 1.82) is 0 Å². The SMILES string of the molecule is C#CC1CCCCCCCNCCC1. The molecule has 0 saturated carbocycles. The molecule has 1 aliphatic rings. The number of terminal acetylenes is 1. The van der Waals surface area contributed by atoms with E-state index in [0.717, 1.165) is 6.54 Å². The normalized spacial score (nSPS) is 26.9. The molecular formula is C13H23N. The summed E-state index contributed by atoms with van der Waals surface area (Å²) in [5.74, 6) is 3.47. The van der Waals surface area contributed by atoms with Gasteiger partial charge in [0.05, 0.1) is 0 Å². The molecular weight excluding hydrogens is 170 g/mol. The van der Waals surface area contributed by atoms with Gasteiger partial charge in [0.1, 0.15) is 0 Å². The van der Waals surface area contributed by atoms with Crippen molar-refractivity contribution < 1.29 is 0 Å². The van der Waals surface area contributed by atoms with Gasteiger partial charge in [-0.1, -0.05) is 25.7 Å². The van der Waals surface area contributed by atoms with Gasteiger partial charge in [-0.25, -0.2) is 0 Å². The molecule has 1 aliphatic heterocycles. The van der Waals surface area contributed by atoms with E-state index in [1.54, 1.807) is 0 Å². The Kier molecular flexibility index (Phi) is 6.53. The fourth-order valence-corrected chi connectivity index (χ4v) is 2.08. The van der Waals surface area contributed by atoms with Crippen molar-refractivity contribution in [2.45, 2.75) is 51.4 Å². The second-order valence-corrected chi connectivity index (χ2v) is 4.31. The van der Waals surface area contributed by atoms with Crippen molar-refractivity contribution >= 4 is 0 Å². The largest absolute Gasteiger partial charge is 0.317 e. The average Bonchev–Trinajstić information content (AvgIpc) is 2.19. The van der Waals surface area contributed by atoms with Crippen LogP contribution < -0.4 is 5.32 Å². The maximum absolute atomic E-state index is 5.51. The van der Waals surface area contributed by atoms with Crippen LogP contribution in [0.5, 0.6) is 0 Å². The molecule has 0 aliphatic carbocycles. The van der Waals surface area contributed by atoms with E-state index in [1.807, 2.05) is 0 Å². The van der Waals surface area contributed by atoms with Crippen molar-refractivity contribution in [3.8, 4) is 12.3 Å². The van der Waals surface area contributed by atoms with Crippen LogP contribution in [0.15, 0.2) is 0 Å². The van der Waals surface area contributed by atoms with E-state index >= 15 is 0 Å². The minimum absolute atomic E-state index is 0.538. The zero-order valence-electron chi connectivity index (χ0n) is 9.23. The number of hydrogen-bond donors (Lipinski definition) is 1. The van der Waals surface area contributed by atoms with Crippen LogP contribution in [-0.2, 0) is 0 Å². The standard InChI is InChI=1S/C13H23N/c1-2-13-9-6-4-3-5-7-11-14-12-8-10-13/h1,13-14H,3-12H2. The second kappa shape index (κ2) is 7.88. The van der Waals surface area contributed by atoms with E-state index < -0.39 is 0 Å². The molecule has 14 heavy (non-hydrogen) atoms. The molecule has 1 nitrogen and oxygen atoms in total. The van der Waals surface area contributed by atoms with Crippen LogP contribution in [0, 0.1) is 18.3 Å². The fraction of sp³-hybridized carbons (Fsp3) is 0.846. The highest BCUT2D eigenvalue weighted by molar-refractivity contribution is 4.92. The van der Waals surface area contributed by atoms with Gasteiger partial charge < -0.3 is 5.32 Å². The lowest BCUT2D eigenvalue weighted by Gasteiger charge is -2.12. The van der Waals surface area contributed by atoms with Gasteiger partial charge in [0.2, 0.25) is 0 Å². The minimum Gasteiger partial charge on any atom is -0.317 e. The molecule has 1 atom stereocenters. The zero-order valence-corrected chi connectivity index (χ0v) is 9.23. The number of rotatable bonds is 0. The van der Waals surface area contributed by atoms with E-state index in [9.17, 15) is 0 Å². The molecule has 1 fully saturated rings. The molecule has 80 valence electrons. The number of hydrogen-bond acceptors (Lipinski definition) is 1. The molecule has 1 unspecified atom stereocenters. The van der Waals surface area contributed by atoms with Gasteiger partial charge in [-0.2, -0.15) is 0 Å². The van der Waals surface area contributed by atoms with Gasteiger partial charge in [0.25, 0.3) is 0 Å². The summed E-state index contributed by atoms with van der Waals surface area (Å²) in [5.41, 5.74) is 0. The Balaban J connectivity index is 2.21. The lowest BCUT2D eigenvalue weighted by molar-refractivity contribution is 0.465. The van der Waals surface area contributed by atoms with Gasteiger partial charge in [-0.05, 0) is 38.8 Å². The molecule has 1 heterocycles. The number of nitrogens with one attached hydrogen (secondary N) is 1. The van der Waals surface area contributed by atoms with Crippen molar-refractivity contribution in [3.05, 3.63) is 0 Å². The molecule has 1 heteroatoms. The Labute approximate surface area is 88.7 Å². The van der Waals surface area contributed by atoms with Crippen molar-refractivity contribution in [2.75, 3.05) is 13.1 Å². The summed E-state index contributed by atoms with van der Waals surface area (Å²) in [6.07, 6.45) is 16.0. The van der Waals surface area contributed by atoms with Crippen LogP contribution in [0.1, 0.15) is 51.4 Å². The Morgan fingerprint density at radius 2 is 1.50 bits per heavy atom. The molecule has 0 radical (unpaired) electrons. The highest BCUT2D eigenvalue weighted by Crippen LogP contribution is 2.16. The van der Waals surface area contributed by atoms with Crippen molar-refractivity contribution in [2.24, 2.45) is 5.92 Å². The summed E-state index contributed by atoms with van der Waals surface area (Å²) in [5, 5.41) is 3.48. The summed E-state index contributed by atoms with van der Waals surface area (Å²) < 4.78 is 0. The summed E-state index contributed by atoms with van der Waals surface area (Å²) in [6.45, 7) is 2.35. The average molecular weight is 193 g/mol. The smallest absolute Gasteiger partial charge is 0.0200 e. The van der Waals surface area contributed by atoms with Crippen LogP contribution >= 0.6 is 0 Å². The molecule has 1 rings (SSSR count). The maximum Gasteiger partial charge on any atom is 0.0200 e. The first-order chi connectivity index (χ1) is 6.93. The van der Waals surface area contributed by atoms with Crippen LogP contribution in [0.3, 0.4) is 0 Å². The van der Waals surface area contributed by atoms with Crippen molar-refractivity contribution in [1.82, 2.24) is 5.32 Å². The lowest BCUT2D eigenvalue weighted by Crippen LogP contribution is -2.17. The first kappa shape index (κ1) is 11.6. The second-order valence-electron chi connectivity index (χ2n) is 4.31. The summed E-state index contributed by atoms with van der Waals surface area (Å²) in [4.78, 5) is 0. The van der Waals surface area contributed by atoms with Crippen LogP contribution in [0.4, 0.5) is 0 Å². The third kappa shape index (κ3) is 5.29. The quantitative estimate of drug-likeness (QED) is 0.583. The molecule has 1 N–H and O–H groups in total. The maximum atomic E-state index is 5.51. The first-order valence-electron chi connectivity index (χ1n) is 6.10. The molecule has 0 bridgehead atoms. The predicted molar refractivity (Wildman–Crippen MR) is 62.1 cm³/mol. The summed E-state index contributed by atoms with van der Waals surface area (Å²) >= 11 is 0. The highest BCUT2D eigenvalue weighted by atomic mass is 14.8. The topological polar surface area (TPSA) is 12.0 Å². The highest BCUT2D eigenvalue weighted by Gasteiger charge is 2.05. The Morgan fingerprint density at radius 1 is 0.857 bits per heavy atom. The third-order valence-corrected chi connectivity index (χ3v) is 3.05. The third-order valence-electron chi connectivity index (χ3n) is 3.05. The van der Waals surface area contributed by atoms with Crippen LogP contribution in [0.2, 0.25) is 0 Å². The van der Waals surface area contributed by atoms with E-state index in [1.165, 1.54) is 57.9 Å². The van der Waals surface area contributed by atoms with Gasteiger partial charge >= 0.3 is 0 Å². The van der Waals surface area contributed by atoms with Gasteiger partial charge in [0, 0.05) is 5.92 Å². The van der Waals surface area contributed by atoms with Crippen molar-refractivity contribution in [3.63, 3.8) is 0 Å². The molecule has 0 aromatic carbocycles.